The van der Waals surface area contributed by atoms with Crippen LogP contribution in [-0.2, 0) is 16.1 Å². The van der Waals surface area contributed by atoms with Crippen molar-refractivity contribution in [2.24, 2.45) is 0 Å². The number of nitrogens with zero attached hydrogens (tertiary/aromatic N) is 2. The van der Waals surface area contributed by atoms with Gasteiger partial charge in [0.25, 0.3) is 0 Å². The third-order valence-corrected chi connectivity index (χ3v) is 3.31. The molecular formula is C13H20ClN3O2. The van der Waals surface area contributed by atoms with Crippen molar-refractivity contribution < 1.29 is 9.47 Å². The van der Waals surface area contributed by atoms with Crippen LogP contribution in [0, 0.1) is 0 Å². The summed E-state index contributed by atoms with van der Waals surface area (Å²) >= 11 is 5.98. The van der Waals surface area contributed by atoms with Crippen LogP contribution in [0.15, 0.2) is 6.07 Å². The normalized spacial score (nSPS) is 22.7. The number of rotatable bonds is 6. The molecule has 2 rings (SSSR count). The quantitative estimate of drug-likeness (QED) is 0.814. The molecule has 1 aliphatic heterocycles. The Kier molecular flexibility index (Phi) is 4.96. The molecule has 19 heavy (non-hydrogen) atoms. The Labute approximate surface area is 118 Å². The van der Waals surface area contributed by atoms with E-state index in [1.54, 1.807) is 6.07 Å². The summed E-state index contributed by atoms with van der Waals surface area (Å²) in [5, 5.41) is 3.69. The molecule has 1 fully saturated rings. The summed E-state index contributed by atoms with van der Waals surface area (Å²) in [5.74, 6) is 1.31. The molecule has 1 atom stereocenters. The monoisotopic (exact) mass is 285 g/mol. The van der Waals surface area contributed by atoms with Crippen molar-refractivity contribution >= 4 is 17.4 Å². The smallest absolute Gasteiger partial charge is 0.158 e. The molecule has 1 N–H and O–H groups in total. The lowest BCUT2D eigenvalue weighted by Gasteiger charge is -2.23. The molecule has 1 aromatic heterocycles. The highest BCUT2D eigenvalue weighted by atomic mass is 35.5. The summed E-state index contributed by atoms with van der Waals surface area (Å²) in [5.41, 5.74) is -0.114. The number of hydrogen-bond donors (Lipinski definition) is 1. The first-order valence-corrected chi connectivity index (χ1v) is 6.98. The summed E-state index contributed by atoms with van der Waals surface area (Å²) in [4.78, 5) is 8.50. The van der Waals surface area contributed by atoms with E-state index in [-0.39, 0.29) is 5.60 Å². The molecule has 0 aliphatic carbocycles. The maximum atomic E-state index is 5.98. The van der Waals surface area contributed by atoms with Gasteiger partial charge in [-0.2, -0.15) is 0 Å². The second-order valence-electron chi connectivity index (χ2n) is 4.88. The highest BCUT2D eigenvalue weighted by Crippen LogP contribution is 2.25. The Bertz CT molecular complexity index is 422. The van der Waals surface area contributed by atoms with Gasteiger partial charge in [-0.25, -0.2) is 9.97 Å². The Morgan fingerprint density at radius 1 is 1.53 bits per heavy atom. The Hall–Kier alpha value is -0.910. The number of hydrogen-bond acceptors (Lipinski definition) is 5. The van der Waals surface area contributed by atoms with Crippen LogP contribution in [0.3, 0.4) is 0 Å². The van der Waals surface area contributed by atoms with Crippen LogP contribution >= 0.6 is 11.6 Å². The molecule has 0 radical (unpaired) electrons. The van der Waals surface area contributed by atoms with Crippen molar-refractivity contribution in [2.75, 3.05) is 25.1 Å². The van der Waals surface area contributed by atoms with E-state index in [1.807, 2.05) is 6.92 Å². The fraction of sp³-hybridized carbons (Fsp3) is 0.692. The first-order valence-electron chi connectivity index (χ1n) is 6.60. The Balaban J connectivity index is 1.97. The summed E-state index contributed by atoms with van der Waals surface area (Å²) in [6.07, 6.45) is 2.17. The number of ether oxygens (including phenoxy) is 2. The Morgan fingerprint density at radius 3 is 3.05 bits per heavy atom. The van der Waals surface area contributed by atoms with E-state index >= 15 is 0 Å². The van der Waals surface area contributed by atoms with Gasteiger partial charge in [0.15, 0.2) is 5.82 Å². The average Bonchev–Trinajstić information content (AvgIpc) is 2.81. The lowest BCUT2D eigenvalue weighted by Crippen LogP contribution is -2.32. The van der Waals surface area contributed by atoms with Crippen molar-refractivity contribution in [1.82, 2.24) is 9.97 Å². The summed E-state index contributed by atoms with van der Waals surface area (Å²) in [6, 6.07) is 1.72. The molecule has 2 heterocycles. The van der Waals surface area contributed by atoms with E-state index in [9.17, 15) is 0 Å². The third-order valence-electron chi connectivity index (χ3n) is 3.12. The van der Waals surface area contributed by atoms with Gasteiger partial charge in [-0.3, -0.25) is 0 Å². The van der Waals surface area contributed by atoms with Crippen LogP contribution in [0.1, 0.15) is 32.5 Å². The average molecular weight is 286 g/mol. The summed E-state index contributed by atoms with van der Waals surface area (Å²) < 4.78 is 11.0. The minimum Gasteiger partial charge on any atom is -0.374 e. The van der Waals surface area contributed by atoms with Gasteiger partial charge >= 0.3 is 0 Å². The van der Waals surface area contributed by atoms with Crippen molar-refractivity contribution in [3.05, 3.63) is 17.0 Å². The molecule has 0 aromatic carbocycles. The first kappa shape index (κ1) is 14.5. The number of nitrogens with one attached hydrogen (secondary N) is 1. The van der Waals surface area contributed by atoms with E-state index in [0.29, 0.717) is 36.6 Å². The zero-order chi connectivity index (χ0) is 13.7. The van der Waals surface area contributed by atoms with Crippen LogP contribution in [0.5, 0.6) is 0 Å². The molecule has 5 nitrogen and oxygen atoms in total. The molecule has 1 aliphatic rings. The lowest BCUT2D eigenvalue weighted by molar-refractivity contribution is 0.0314. The molecule has 0 bridgehead atoms. The second kappa shape index (κ2) is 6.50. The van der Waals surface area contributed by atoms with Crippen molar-refractivity contribution in [3.63, 3.8) is 0 Å². The topological polar surface area (TPSA) is 56.3 Å². The molecule has 0 spiro atoms. The van der Waals surface area contributed by atoms with Crippen LogP contribution in [0.25, 0.3) is 0 Å². The molecule has 6 heteroatoms. The van der Waals surface area contributed by atoms with Gasteiger partial charge in [0.05, 0.1) is 5.60 Å². The van der Waals surface area contributed by atoms with E-state index in [4.69, 9.17) is 21.1 Å². The van der Waals surface area contributed by atoms with Crippen molar-refractivity contribution in [1.29, 1.82) is 0 Å². The van der Waals surface area contributed by atoms with Gasteiger partial charge < -0.3 is 14.8 Å². The molecule has 1 unspecified atom stereocenters. The Morgan fingerprint density at radius 2 is 2.37 bits per heavy atom. The fourth-order valence-corrected chi connectivity index (χ4v) is 2.27. The SMILES string of the molecule is CCOCc1nc(Cl)cc(NCC2(C)CCCO2)n1. The maximum Gasteiger partial charge on any atom is 0.158 e. The predicted molar refractivity (Wildman–Crippen MR) is 74.5 cm³/mol. The van der Waals surface area contributed by atoms with Crippen LogP contribution in [-0.4, -0.2) is 35.3 Å². The molecule has 1 saturated heterocycles. The molecule has 106 valence electrons. The van der Waals surface area contributed by atoms with E-state index in [0.717, 1.165) is 19.4 Å². The summed E-state index contributed by atoms with van der Waals surface area (Å²) in [7, 11) is 0. The third kappa shape index (κ3) is 4.30. The largest absolute Gasteiger partial charge is 0.374 e. The van der Waals surface area contributed by atoms with Crippen LogP contribution in [0.2, 0.25) is 5.15 Å². The standard InChI is InChI=1S/C13H20ClN3O2/c1-3-18-8-12-16-10(14)7-11(17-12)15-9-13(2)5-4-6-19-13/h7H,3-6,8-9H2,1-2H3,(H,15,16,17). The van der Waals surface area contributed by atoms with Gasteiger partial charge in [0.1, 0.15) is 17.6 Å². The number of aromatic nitrogens is 2. The second-order valence-corrected chi connectivity index (χ2v) is 5.27. The van der Waals surface area contributed by atoms with E-state index in [1.165, 1.54) is 0 Å². The van der Waals surface area contributed by atoms with Crippen molar-refractivity contribution in [2.45, 2.75) is 38.9 Å². The zero-order valence-corrected chi connectivity index (χ0v) is 12.2. The maximum absolute atomic E-state index is 5.98. The molecular weight excluding hydrogens is 266 g/mol. The lowest BCUT2D eigenvalue weighted by atomic mass is 10.0. The molecule has 0 amide bonds. The predicted octanol–water partition coefficient (Wildman–Crippen LogP) is 2.65. The first-order chi connectivity index (χ1) is 9.11. The van der Waals surface area contributed by atoms with Crippen molar-refractivity contribution in [3.8, 4) is 0 Å². The van der Waals surface area contributed by atoms with Gasteiger partial charge in [-0.1, -0.05) is 11.6 Å². The molecule has 1 aromatic rings. The number of anilines is 1. The highest BCUT2D eigenvalue weighted by Gasteiger charge is 2.29. The minimum absolute atomic E-state index is 0.114. The van der Waals surface area contributed by atoms with Gasteiger partial charge in [-0.15, -0.1) is 0 Å². The molecule has 0 saturated carbocycles. The van der Waals surface area contributed by atoms with E-state index in [2.05, 4.69) is 22.2 Å². The van der Waals surface area contributed by atoms with Crippen LogP contribution in [0.4, 0.5) is 5.82 Å². The van der Waals surface area contributed by atoms with Gasteiger partial charge in [0.2, 0.25) is 0 Å². The van der Waals surface area contributed by atoms with Gasteiger partial charge in [-0.05, 0) is 26.7 Å². The fourth-order valence-electron chi connectivity index (χ4n) is 2.07. The minimum atomic E-state index is -0.114. The number of halogens is 1. The zero-order valence-electron chi connectivity index (χ0n) is 11.4. The summed E-state index contributed by atoms with van der Waals surface area (Å²) in [6.45, 7) is 6.59. The van der Waals surface area contributed by atoms with Crippen LogP contribution < -0.4 is 5.32 Å². The van der Waals surface area contributed by atoms with Gasteiger partial charge in [0, 0.05) is 25.8 Å². The van der Waals surface area contributed by atoms with E-state index < -0.39 is 0 Å². The highest BCUT2D eigenvalue weighted by molar-refractivity contribution is 6.29.